The van der Waals surface area contributed by atoms with E-state index in [1.54, 1.807) is 18.3 Å². The molecule has 0 unspecified atom stereocenters. The summed E-state index contributed by atoms with van der Waals surface area (Å²) in [4.78, 5) is 140. The predicted octanol–water partition coefficient (Wildman–Crippen LogP) is 8.37. The van der Waals surface area contributed by atoms with Crippen molar-refractivity contribution in [2.45, 2.75) is 162 Å². The first-order valence-corrected chi connectivity index (χ1v) is 33.0. The number of benzene rings is 4. The number of aromatic amines is 1. The number of thiazole rings is 1. The predicted molar refractivity (Wildman–Crippen MR) is 335 cm³/mol. The highest BCUT2D eigenvalue weighted by Gasteiger charge is 2.52. The summed E-state index contributed by atoms with van der Waals surface area (Å²) < 4.78 is 18.0. The van der Waals surface area contributed by atoms with Gasteiger partial charge in [-0.3, -0.25) is 47.8 Å². The van der Waals surface area contributed by atoms with Gasteiger partial charge in [0, 0.05) is 78.9 Å². The van der Waals surface area contributed by atoms with Crippen molar-refractivity contribution in [3.05, 3.63) is 141 Å². The van der Waals surface area contributed by atoms with Crippen LogP contribution in [0.2, 0.25) is 0 Å². The van der Waals surface area contributed by atoms with Gasteiger partial charge in [0.2, 0.25) is 29.5 Å². The van der Waals surface area contributed by atoms with Gasteiger partial charge in [-0.2, -0.15) is 0 Å². The van der Waals surface area contributed by atoms with E-state index < -0.39 is 83.7 Å². The molecular weight excluding hydrogens is 1170 g/mol. The van der Waals surface area contributed by atoms with E-state index in [0.717, 1.165) is 69.6 Å². The molecule has 1 saturated heterocycles. The number of amides is 5. The minimum atomic E-state index is -5.04. The number of Topliss-reactive ketones (excluding diaryl/α,β-unsaturated/α-hetero) is 2. The van der Waals surface area contributed by atoms with E-state index >= 15 is 0 Å². The minimum absolute atomic E-state index is 0.0180. The van der Waals surface area contributed by atoms with Gasteiger partial charge >= 0.3 is 7.60 Å². The fourth-order valence-corrected chi connectivity index (χ4v) is 14.2. The molecule has 2 fully saturated rings. The van der Waals surface area contributed by atoms with Crippen molar-refractivity contribution < 1.29 is 62.6 Å². The van der Waals surface area contributed by atoms with Crippen molar-refractivity contribution in [1.29, 1.82) is 0 Å². The standard InChI is InChI=1S/C67H78N7O13PS/c1-38-60(89-37-70-38)44-17-15-41(16-18-44)34-69-61(79)54-32-49(75)35-73(54)64(82)50(66(3,4)5)33-57(77)67(26-27-67)25-7-8-40-11-13-42(14-12-40)36-87-39(2)51(23-24-58(68)78)72-62(80)55-30-45-10-6-9-43-19-20-46(63(81)74(55)59(43)45)31-56(76)53-29-48-28-47(21-22-52(48)71-53)65(83)88(84,85)86/h6,9-18,21-22,28-29,37,39,46,49-51,54-55,71,75H,7-8,19-20,23-27,30-36H2,1-5H3,(H2,68,78)(H,69,79)(H,72,80)(H2,84,85,86)/t39-,46-,49-,50-,51+,54+,55+/m1/s1. The molecule has 2 aromatic heterocycles. The number of aryl methyl sites for hydroxylation is 3. The summed E-state index contributed by atoms with van der Waals surface area (Å²) in [5.74, 6) is -3.87. The summed E-state index contributed by atoms with van der Waals surface area (Å²) in [5, 5.41) is 17.2. The number of nitrogens with two attached hydrogens (primary N) is 1. The number of H-pyrrole nitrogens is 1. The third kappa shape index (κ3) is 14.7. The lowest BCUT2D eigenvalue weighted by Gasteiger charge is -2.35. The fraction of sp³-hybridized carbons (Fsp3) is 0.448. The van der Waals surface area contributed by atoms with Crippen LogP contribution >= 0.6 is 18.9 Å². The molecule has 10 rings (SSSR count). The number of likely N-dealkylation sites (tertiary alicyclic amines) is 1. The number of fused-ring (bicyclic) bond motifs is 1. The zero-order valence-corrected chi connectivity index (χ0v) is 52.5. The van der Waals surface area contributed by atoms with Crippen molar-refractivity contribution >= 4 is 82.1 Å². The number of aliphatic hydroxyl groups is 1. The number of aromatic nitrogens is 2. The van der Waals surface area contributed by atoms with Crippen molar-refractivity contribution in [1.82, 2.24) is 25.5 Å². The van der Waals surface area contributed by atoms with Gasteiger partial charge in [-0.05, 0) is 128 Å². The van der Waals surface area contributed by atoms with Gasteiger partial charge in [0.15, 0.2) is 5.78 Å². The molecule has 0 bridgehead atoms. The number of nitrogens with zero attached hydrogens (tertiary/aromatic N) is 3. The summed E-state index contributed by atoms with van der Waals surface area (Å²) in [6.07, 6.45) is 3.29. The number of β-amino-alcohol motifs (C(OH)–C–C–N with tert-alkyl or cyclic N) is 1. The van der Waals surface area contributed by atoms with Crippen LogP contribution < -0.4 is 21.3 Å². The van der Waals surface area contributed by atoms with E-state index in [9.17, 15) is 57.8 Å². The highest BCUT2D eigenvalue weighted by Crippen LogP contribution is 2.53. The van der Waals surface area contributed by atoms with Crippen molar-refractivity contribution in [3.63, 3.8) is 0 Å². The Hall–Kier alpha value is -7.52. The third-order valence-electron chi connectivity index (χ3n) is 18.4. The Morgan fingerprint density at radius 3 is 2.30 bits per heavy atom. The van der Waals surface area contributed by atoms with Crippen LogP contribution in [0.4, 0.5) is 5.69 Å². The van der Waals surface area contributed by atoms with E-state index in [0.29, 0.717) is 35.9 Å². The van der Waals surface area contributed by atoms with Crippen molar-refractivity contribution in [2.24, 2.45) is 28.4 Å². The Morgan fingerprint density at radius 2 is 1.63 bits per heavy atom. The smallest absolute Gasteiger partial charge is 0.391 e. The number of anilines is 1. The van der Waals surface area contributed by atoms with Gasteiger partial charge in [0.05, 0.1) is 52.3 Å². The average Bonchev–Trinajstić information content (AvgIpc) is 1.87. The lowest BCUT2D eigenvalue weighted by Crippen LogP contribution is -2.54. The highest BCUT2D eigenvalue weighted by atomic mass is 32.1. The topological polar surface area (TPSA) is 309 Å². The zero-order valence-electron chi connectivity index (χ0n) is 50.8. The first kappa shape index (κ1) is 64.5. The number of rotatable bonds is 26. The van der Waals surface area contributed by atoms with Gasteiger partial charge in [-0.15, -0.1) is 11.3 Å². The van der Waals surface area contributed by atoms with Gasteiger partial charge in [-0.1, -0.05) is 87.5 Å². The van der Waals surface area contributed by atoms with Crippen LogP contribution in [-0.4, -0.2) is 113 Å². The number of carbonyl (C=O) groups is 8. The van der Waals surface area contributed by atoms with E-state index in [1.165, 1.54) is 34.1 Å². The summed E-state index contributed by atoms with van der Waals surface area (Å²) in [5.41, 5.74) is 12.5. The first-order valence-electron chi connectivity index (χ1n) is 30.5. The molecule has 0 radical (unpaired) electrons. The average molecular weight is 1250 g/mol. The number of primary amides is 1. The molecule has 7 atom stereocenters. The van der Waals surface area contributed by atoms with E-state index in [-0.39, 0.29) is 93.0 Å². The Bertz CT molecular complexity index is 3750. The SMILES string of the molecule is Cc1ncsc1-c1ccc(CNC(=O)[C@@H]2C[C@@H](O)CN2C(=O)[C@@H](CC(=O)C2(CCCc3ccc(CO[C@H](C)[C@H](CCC(N)=O)NC(=O)[C@@H]4Cc5cccc6c5N4C(=O)[C@@H](CC(=O)c4cc5cc(C(=O)P(=O)(O)O)ccc5[nH]4)CC6)cc3)CC2)C(C)(C)C)cc1. The fourth-order valence-electron chi connectivity index (χ4n) is 12.9. The van der Waals surface area contributed by atoms with Crippen molar-refractivity contribution in [2.75, 3.05) is 11.4 Å². The molecular formula is C67H78N7O13PS. The van der Waals surface area contributed by atoms with Crippen molar-refractivity contribution in [3.8, 4) is 10.4 Å². The highest BCUT2D eigenvalue weighted by molar-refractivity contribution is 7.70. The number of ether oxygens (including phenoxy) is 1. The van der Waals surface area contributed by atoms with Gasteiger partial charge in [0.25, 0.3) is 5.52 Å². The molecule has 20 nitrogen and oxygen atoms in total. The second-order valence-corrected chi connectivity index (χ2v) is 28.1. The molecule has 3 aliphatic heterocycles. The normalized spacial score (nSPS) is 19.7. The van der Waals surface area contributed by atoms with E-state index in [4.69, 9.17) is 10.5 Å². The first-order chi connectivity index (χ1) is 42.3. The summed E-state index contributed by atoms with van der Waals surface area (Å²) in [7, 11) is -5.04. The van der Waals surface area contributed by atoms with Crippen LogP contribution in [-0.2, 0) is 70.5 Å². The summed E-state index contributed by atoms with van der Waals surface area (Å²) in [6, 6.07) is 24.5. The Morgan fingerprint density at radius 1 is 0.921 bits per heavy atom. The number of aliphatic hydroxyl groups excluding tert-OH is 1. The van der Waals surface area contributed by atoms with Crippen LogP contribution in [0, 0.1) is 29.6 Å². The van der Waals surface area contributed by atoms with Gasteiger partial charge < -0.3 is 45.9 Å². The number of para-hydroxylation sites is 1. The molecule has 4 aromatic carbocycles. The van der Waals surface area contributed by atoms with Gasteiger partial charge in [-0.25, -0.2) is 4.98 Å². The molecule has 8 N–H and O–H groups in total. The van der Waals surface area contributed by atoms with Crippen LogP contribution in [0.3, 0.4) is 0 Å². The largest absolute Gasteiger partial charge is 0.396 e. The van der Waals surface area contributed by atoms with Crippen LogP contribution in [0.1, 0.15) is 146 Å². The van der Waals surface area contributed by atoms with Crippen LogP contribution in [0.5, 0.6) is 0 Å². The Labute approximate surface area is 520 Å². The molecule has 6 aromatic rings. The number of ketones is 2. The van der Waals surface area contributed by atoms with E-state index in [2.05, 4.69) is 20.6 Å². The number of carbonyl (C=O) groups excluding carboxylic acids is 8. The number of hydrogen-bond acceptors (Lipinski definition) is 13. The molecule has 0 spiro atoms. The Balaban J connectivity index is 0.714. The minimum Gasteiger partial charge on any atom is -0.391 e. The van der Waals surface area contributed by atoms with Crippen LogP contribution in [0.25, 0.3) is 21.3 Å². The molecule has 5 amide bonds. The number of nitrogens with one attached hydrogen (secondary N) is 3. The van der Waals surface area contributed by atoms with E-state index in [1.807, 2.05) is 99.9 Å². The Kier molecular flexibility index (Phi) is 19.2. The van der Waals surface area contributed by atoms with Gasteiger partial charge in [0.1, 0.15) is 17.9 Å². The maximum atomic E-state index is 14.7. The maximum Gasteiger partial charge on any atom is 0.396 e. The quantitative estimate of drug-likeness (QED) is 0.0198. The van der Waals surface area contributed by atoms with Crippen LogP contribution in [0.15, 0.2) is 96.5 Å². The summed E-state index contributed by atoms with van der Waals surface area (Å²) >= 11 is 1.57. The lowest BCUT2D eigenvalue weighted by molar-refractivity contribution is -0.147. The molecule has 22 heteroatoms. The zero-order chi connectivity index (χ0) is 63.7. The molecule has 5 heterocycles. The third-order valence-corrected chi connectivity index (χ3v) is 20.2. The molecule has 4 aliphatic rings. The molecule has 1 aliphatic carbocycles. The monoisotopic (exact) mass is 1250 g/mol. The maximum absolute atomic E-state index is 14.7. The summed E-state index contributed by atoms with van der Waals surface area (Å²) in [6.45, 7) is 10.0. The lowest BCUT2D eigenvalue weighted by atomic mass is 9.74. The second kappa shape index (κ2) is 26.5. The molecule has 1 saturated carbocycles. The number of hydrogen-bond donors (Lipinski definition) is 7. The molecule has 470 valence electrons. The molecule has 89 heavy (non-hydrogen) atoms. The second-order valence-electron chi connectivity index (χ2n) is 25.8.